The molecule has 8 heteroatoms. The maximum Gasteiger partial charge on any atom is 0.340 e. The summed E-state index contributed by atoms with van der Waals surface area (Å²) in [6.07, 6.45) is 4.07. The van der Waals surface area contributed by atoms with Crippen molar-refractivity contribution in [1.82, 2.24) is 0 Å². The smallest absolute Gasteiger partial charge is 0.340 e. The molecule has 33 heavy (non-hydrogen) atoms. The van der Waals surface area contributed by atoms with Crippen LogP contribution < -0.4 is 0 Å². The lowest BCUT2D eigenvalue weighted by molar-refractivity contribution is -0.211. The molecule has 1 atom stereocenters. The highest BCUT2D eigenvalue weighted by molar-refractivity contribution is 5.76. The summed E-state index contributed by atoms with van der Waals surface area (Å²) < 4.78 is 57.9. The first-order valence-corrected chi connectivity index (χ1v) is 12.2. The van der Waals surface area contributed by atoms with E-state index in [1.165, 1.54) is 39.0 Å². The molecule has 1 unspecified atom stereocenters. The minimum absolute atomic E-state index is 0.0185. The fourth-order valence-electron chi connectivity index (χ4n) is 5.31. The minimum atomic E-state index is -4.26. The number of esters is 2. The van der Waals surface area contributed by atoms with E-state index in [2.05, 4.69) is 18.6 Å². The Morgan fingerprint density at radius 1 is 1.00 bits per heavy atom. The predicted molar refractivity (Wildman–Crippen MR) is 117 cm³/mol. The monoisotopic (exact) mass is 480 g/mol. The van der Waals surface area contributed by atoms with Crippen molar-refractivity contribution in [2.24, 2.45) is 35.0 Å². The molecule has 4 nitrogen and oxygen atoms in total. The molecule has 0 amide bonds. The first kappa shape index (κ1) is 27.9. The Labute approximate surface area is 195 Å². The lowest BCUT2D eigenvalue weighted by Crippen LogP contribution is -2.58. The highest BCUT2D eigenvalue weighted by Crippen LogP contribution is 2.59. The summed E-state index contributed by atoms with van der Waals surface area (Å²) in [5.74, 6) is -2.58. The number of alkyl halides is 4. The highest BCUT2D eigenvalue weighted by Gasteiger charge is 2.57. The zero-order chi connectivity index (χ0) is 25.2. The van der Waals surface area contributed by atoms with Gasteiger partial charge in [-0.3, -0.25) is 9.59 Å². The van der Waals surface area contributed by atoms with Crippen molar-refractivity contribution in [3.05, 3.63) is 0 Å². The van der Waals surface area contributed by atoms with Gasteiger partial charge in [-0.15, -0.1) is 0 Å². The second kappa shape index (κ2) is 10.5. The van der Waals surface area contributed by atoms with Gasteiger partial charge in [0.15, 0.2) is 6.61 Å². The quantitative estimate of drug-likeness (QED) is 0.288. The summed E-state index contributed by atoms with van der Waals surface area (Å²) in [6.45, 7) is 9.89. The summed E-state index contributed by atoms with van der Waals surface area (Å²) in [5.41, 5.74) is -0.505. The third-order valence-electron chi connectivity index (χ3n) is 8.25. The number of hydrogen-bond donors (Lipinski definition) is 0. The summed E-state index contributed by atoms with van der Waals surface area (Å²) in [5, 5.41) is 0. The molecule has 4 rings (SSSR count). The van der Waals surface area contributed by atoms with E-state index >= 15 is 0 Å². The molecule has 0 aromatic carbocycles. The van der Waals surface area contributed by atoms with Crippen LogP contribution in [-0.2, 0) is 19.1 Å². The zero-order valence-electron chi connectivity index (χ0n) is 20.8. The molecular weight excluding hydrogens is 440 g/mol. The summed E-state index contributed by atoms with van der Waals surface area (Å²) in [6, 6.07) is 0. The van der Waals surface area contributed by atoms with Crippen LogP contribution in [0.5, 0.6) is 0 Å². The van der Waals surface area contributed by atoms with Crippen LogP contribution in [0.1, 0.15) is 86.5 Å². The topological polar surface area (TPSA) is 52.6 Å². The fourth-order valence-corrected chi connectivity index (χ4v) is 5.31. The summed E-state index contributed by atoms with van der Waals surface area (Å²) >= 11 is 0. The van der Waals surface area contributed by atoms with Gasteiger partial charge in [0.1, 0.15) is 5.60 Å². The van der Waals surface area contributed by atoms with Crippen LogP contribution in [-0.4, -0.2) is 36.5 Å². The number of hydrogen-bond acceptors (Lipinski definition) is 4. The van der Waals surface area contributed by atoms with Crippen molar-refractivity contribution in [2.45, 2.75) is 104 Å². The van der Waals surface area contributed by atoms with Crippen LogP contribution in [0.4, 0.5) is 17.6 Å². The molecule has 0 spiro atoms. The van der Waals surface area contributed by atoms with E-state index in [0.29, 0.717) is 18.3 Å². The van der Waals surface area contributed by atoms with Gasteiger partial charge in [-0.2, -0.15) is 8.78 Å². The highest BCUT2D eigenvalue weighted by atomic mass is 19.3. The molecule has 192 valence electrons. The van der Waals surface area contributed by atoms with Crippen molar-refractivity contribution in [1.29, 1.82) is 0 Å². The Balaban J connectivity index is 0.000000248. The molecule has 4 fully saturated rings. The van der Waals surface area contributed by atoms with Crippen LogP contribution >= 0.6 is 0 Å². The average molecular weight is 481 g/mol. The van der Waals surface area contributed by atoms with E-state index in [1.54, 1.807) is 6.92 Å². The number of carbonyl (C=O) groups excluding carboxylic acids is 2. The first-order valence-electron chi connectivity index (χ1n) is 12.2. The number of rotatable bonds is 8. The summed E-state index contributed by atoms with van der Waals surface area (Å²) in [7, 11) is 0. The third-order valence-corrected chi connectivity index (χ3v) is 8.25. The predicted octanol–water partition coefficient (Wildman–Crippen LogP) is 6.66. The average Bonchev–Trinajstić information content (AvgIpc) is 2.75. The van der Waals surface area contributed by atoms with Gasteiger partial charge in [0, 0.05) is 0 Å². The van der Waals surface area contributed by atoms with Crippen LogP contribution in [0.2, 0.25) is 0 Å². The standard InChI is InChI=1S/C17H28O2.C8H12F4O2/c1-5-16(2,3)15(18)19-17(4)13-7-11-6-12(9-13)10-14(17)8-11;1-3-5(2)6(13)14-4-8(11,12)7(9)10/h11-14H,5-10H2,1-4H3;5,7H,3-4H2,1-2H3. The summed E-state index contributed by atoms with van der Waals surface area (Å²) in [4.78, 5) is 23.3. The molecule has 0 aliphatic heterocycles. The number of ether oxygens (including phenoxy) is 2. The first-order chi connectivity index (χ1) is 15.2. The fraction of sp³-hybridized carbons (Fsp3) is 0.920. The molecule has 0 aromatic heterocycles. The van der Waals surface area contributed by atoms with Crippen LogP contribution in [0.3, 0.4) is 0 Å². The van der Waals surface area contributed by atoms with Crippen molar-refractivity contribution in [3.8, 4) is 0 Å². The van der Waals surface area contributed by atoms with E-state index in [-0.39, 0.29) is 17.0 Å². The van der Waals surface area contributed by atoms with Gasteiger partial charge < -0.3 is 9.47 Å². The lowest BCUT2D eigenvalue weighted by Gasteiger charge is -2.59. The van der Waals surface area contributed by atoms with E-state index < -0.39 is 30.8 Å². The Hall–Kier alpha value is -1.34. The molecule has 0 radical (unpaired) electrons. The van der Waals surface area contributed by atoms with Crippen LogP contribution in [0, 0.1) is 35.0 Å². The minimum Gasteiger partial charge on any atom is -0.459 e. The molecule has 4 aliphatic rings. The van der Waals surface area contributed by atoms with E-state index in [0.717, 1.165) is 18.3 Å². The van der Waals surface area contributed by atoms with Crippen molar-refractivity contribution >= 4 is 11.9 Å². The largest absolute Gasteiger partial charge is 0.459 e. The molecule has 0 aromatic rings. The Morgan fingerprint density at radius 2 is 1.48 bits per heavy atom. The van der Waals surface area contributed by atoms with Gasteiger partial charge in [0.05, 0.1) is 11.3 Å². The molecule has 0 N–H and O–H groups in total. The number of carbonyl (C=O) groups is 2. The van der Waals surface area contributed by atoms with Crippen molar-refractivity contribution in [3.63, 3.8) is 0 Å². The Kier molecular flexibility index (Phi) is 8.89. The maximum absolute atomic E-state index is 12.5. The third kappa shape index (κ3) is 6.41. The lowest BCUT2D eigenvalue weighted by atomic mass is 9.50. The van der Waals surface area contributed by atoms with Crippen molar-refractivity contribution in [2.75, 3.05) is 6.61 Å². The Bertz CT molecular complexity index is 664. The molecule has 4 bridgehead atoms. The molecule has 4 saturated carbocycles. The van der Waals surface area contributed by atoms with E-state index in [4.69, 9.17) is 4.74 Å². The number of halogens is 4. The van der Waals surface area contributed by atoms with Crippen LogP contribution in [0.25, 0.3) is 0 Å². The molecule has 4 aliphatic carbocycles. The molecular formula is C25H40F4O4. The van der Waals surface area contributed by atoms with Gasteiger partial charge in [-0.1, -0.05) is 20.8 Å². The molecule has 0 heterocycles. The van der Waals surface area contributed by atoms with Gasteiger partial charge >= 0.3 is 24.3 Å². The van der Waals surface area contributed by atoms with Crippen LogP contribution in [0.15, 0.2) is 0 Å². The van der Waals surface area contributed by atoms with Crippen molar-refractivity contribution < 1.29 is 36.6 Å². The maximum atomic E-state index is 12.5. The van der Waals surface area contributed by atoms with Gasteiger partial charge in [-0.05, 0) is 89.4 Å². The second-order valence-corrected chi connectivity index (χ2v) is 11.1. The second-order valence-electron chi connectivity index (χ2n) is 11.1. The SMILES string of the molecule is CCC(C)(C)C(=O)OC1(C)C2CC3CC(C2)CC1C3.CCC(C)C(=O)OCC(F)(F)C(F)F. The zero-order valence-corrected chi connectivity index (χ0v) is 20.8. The van der Waals surface area contributed by atoms with Gasteiger partial charge in [0.2, 0.25) is 0 Å². The molecule has 0 saturated heterocycles. The van der Waals surface area contributed by atoms with E-state index in [1.807, 2.05) is 13.8 Å². The van der Waals surface area contributed by atoms with Gasteiger partial charge in [0.25, 0.3) is 0 Å². The van der Waals surface area contributed by atoms with Gasteiger partial charge in [-0.25, -0.2) is 8.78 Å². The normalized spacial score (nSPS) is 31.6. The van der Waals surface area contributed by atoms with E-state index in [9.17, 15) is 27.2 Å². The Morgan fingerprint density at radius 3 is 1.88 bits per heavy atom.